The lowest BCUT2D eigenvalue weighted by atomic mass is 9.99. The van der Waals surface area contributed by atoms with E-state index in [0.717, 1.165) is 11.1 Å². The topological polar surface area (TPSA) is 38.3 Å². The molecule has 3 aromatic carbocycles. The van der Waals surface area contributed by atoms with E-state index in [1.54, 1.807) is 42.5 Å². The maximum Gasteiger partial charge on any atom is 0.251 e. The van der Waals surface area contributed by atoms with Gasteiger partial charge in [0.1, 0.15) is 24.0 Å². The summed E-state index contributed by atoms with van der Waals surface area (Å²) in [5.41, 5.74) is 3.22. The van der Waals surface area contributed by atoms with Gasteiger partial charge in [-0.1, -0.05) is 30.3 Å². The molecule has 26 heavy (non-hydrogen) atoms. The summed E-state index contributed by atoms with van der Waals surface area (Å²) in [5, 5.41) is 2.77. The highest BCUT2D eigenvalue weighted by atomic mass is 19.1. The van der Waals surface area contributed by atoms with Crippen LogP contribution in [0, 0.1) is 11.6 Å². The number of hydrogen-bond acceptors (Lipinski definition) is 2. The molecule has 1 heterocycles. The van der Waals surface area contributed by atoms with Crippen LogP contribution in [0.4, 0.5) is 8.78 Å². The number of carbonyl (C=O) groups is 1. The quantitative estimate of drug-likeness (QED) is 0.754. The molecule has 0 atom stereocenters. The van der Waals surface area contributed by atoms with Gasteiger partial charge >= 0.3 is 0 Å². The van der Waals surface area contributed by atoms with Gasteiger partial charge in [0.2, 0.25) is 0 Å². The SMILES string of the molecule is O=C1NCc2cc(OCc3ccccc3F)c(-c3ccc(F)cc3)cc21. The number of ether oxygens (including phenoxy) is 1. The van der Waals surface area contributed by atoms with Crippen LogP contribution in [0.1, 0.15) is 21.5 Å². The van der Waals surface area contributed by atoms with Crippen LogP contribution in [0.3, 0.4) is 0 Å². The van der Waals surface area contributed by atoms with Crippen molar-refractivity contribution in [1.29, 1.82) is 0 Å². The number of carbonyl (C=O) groups excluding carboxylic acids is 1. The van der Waals surface area contributed by atoms with Crippen molar-refractivity contribution in [2.45, 2.75) is 13.2 Å². The van der Waals surface area contributed by atoms with Crippen molar-refractivity contribution in [3.05, 3.63) is 89.0 Å². The second-order valence-electron chi connectivity index (χ2n) is 6.08. The number of nitrogens with one attached hydrogen (secondary N) is 1. The van der Waals surface area contributed by atoms with Gasteiger partial charge in [-0.15, -0.1) is 0 Å². The highest BCUT2D eigenvalue weighted by Gasteiger charge is 2.22. The Kier molecular flexibility index (Phi) is 4.13. The normalized spacial score (nSPS) is 12.6. The fourth-order valence-electron chi connectivity index (χ4n) is 3.00. The van der Waals surface area contributed by atoms with Crippen molar-refractivity contribution >= 4 is 5.91 Å². The fourth-order valence-corrected chi connectivity index (χ4v) is 3.00. The molecule has 0 bridgehead atoms. The Hall–Kier alpha value is -3.21. The van der Waals surface area contributed by atoms with E-state index in [1.165, 1.54) is 18.2 Å². The van der Waals surface area contributed by atoms with Crippen LogP contribution in [-0.2, 0) is 13.2 Å². The van der Waals surface area contributed by atoms with Crippen molar-refractivity contribution in [3.63, 3.8) is 0 Å². The third-order valence-corrected chi connectivity index (χ3v) is 4.39. The van der Waals surface area contributed by atoms with Crippen molar-refractivity contribution < 1.29 is 18.3 Å². The molecule has 0 aliphatic carbocycles. The lowest BCUT2D eigenvalue weighted by Gasteiger charge is -2.14. The van der Waals surface area contributed by atoms with E-state index in [4.69, 9.17) is 4.74 Å². The highest BCUT2D eigenvalue weighted by Crippen LogP contribution is 2.35. The van der Waals surface area contributed by atoms with Crippen LogP contribution in [0.2, 0.25) is 0 Å². The van der Waals surface area contributed by atoms with E-state index >= 15 is 0 Å². The molecule has 0 radical (unpaired) electrons. The molecule has 1 aliphatic heterocycles. The Morgan fingerprint density at radius 2 is 1.73 bits per heavy atom. The minimum atomic E-state index is -0.346. The number of hydrogen-bond donors (Lipinski definition) is 1. The van der Waals surface area contributed by atoms with Gasteiger partial charge in [0.05, 0.1) is 0 Å². The summed E-state index contributed by atoms with van der Waals surface area (Å²) >= 11 is 0. The summed E-state index contributed by atoms with van der Waals surface area (Å²) in [6.07, 6.45) is 0. The molecule has 1 aliphatic rings. The third-order valence-electron chi connectivity index (χ3n) is 4.39. The first-order valence-electron chi connectivity index (χ1n) is 8.19. The molecular formula is C21H15F2NO2. The Morgan fingerprint density at radius 1 is 0.962 bits per heavy atom. The van der Waals surface area contributed by atoms with Gasteiger partial charge in [-0.25, -0.2) is 8.78 Å². The van der Waals surface area contributed by atoms with Gasteiger partial charge in [-0.2, -0.15) is 0 Å². The molecule has 0 spiro atoms. The second-order valence-corrected chi connectivity index (χ2v) is 6.08. The number of rotatable bonds is 4. The molecular weight excluding hydrogens is 336 g/mol. The number of fused-ring (bicyclic) bond motifs is 1. The van der Waals surface area contributed by atoms with Crippen LogP contribution in [-0.4, -0.2) is 5.91 Å². The molecule has 3 nitrogen and oxygen atoms in total. The minimum Gasteiger partial charge on any atom is -0.488 e. The van der Waals surface area contributed by atoms with Crippen LogP contribution in [0.25, 0.3) is 11.1 Å². The number of amides is 1. The Labute approximate surface area is 149 Å². The van der Waals surface area contributed by atoms with Gasteiger partial charge < -0.3 is 10.1 Å². The first kappa shape index (κ1) is 16.3. The van der Waals surface area contributed by atoms with E-state index in [1.807, 2.05) is 0 Å². The molecule has 130 valence electrons. The maximum atomic E-state index is 13.9. The molecule has 1 amide bonds. The molecule has 5 heteroatoms. The largest absolute Gasteiger partial charge is 0.488 e. The molecule has 0 saturated carbocycles. The average Bonchev–Trinajstić information content (AvgIpc) is 3.01. The van der Waals surface area contributed by atoms with Gasteiger partial charge in [0.25, 0.3) is 5.91 Å². The van der Waals surface area contributed by atoms with Crippen molar-refractivity contribution in [1.82, 2.24) is 5.32 Å². The van der Waals surface area contributed by atoms with E-state index in [2.05, 4.69) is 5.32 Å². The molecule has 0 aromatic heterocycles. The lowest BCUT2D eigenvalue weighted by Crippen LogP contribution is -2.12. The van der Waals surface area contributed by atoms with E-state index < -0.39 is 0 Å². The third kappa shape index (κ3) is 3.04. The van der Waals surface area contributed by atoms with Crippen molar-refractivity contribution in [2.75, 3.05) is 0 Å². The van der Waals surface area contributed by atoms with Gasteiger partial charge in [-0.3, -0.25) is 4.79 Å². The molecule has 0 fully saturated rings. The summed E-state index contributed by atoms with van der Waals surface area (Å²) in [7, 11) is 0. The van der Waals surface area contributed by atoms with E-state index in [9.17, 15) is 13.6 Å². The molecule has 4 rings (SSSR count). The summed E-state index contributed by atoms with van der Waals surface area (Å²) in [6.45, 7) is 0.481. The smallest absolute Gasteiger partial charge is 0.251 e. The standard InChI is InChI=1S/C21H15F2NO2/c22-16-7-5-13(6-8-16)17-10-18-15(11-24-21(18)25)9-20(17)26-12-14-3-1-2-4-19(14)23/h1-10H,11-12H2,(H,24,25). The zero-order valence-electron chi connectivity index (χ0n) is 13.8. The second kappa shape index (κ2) is 6.59. The Balaban J connectivity index is 1.74. The predicted molar refractivity (Wildman–Crippen MR) is 93.7 cm³/mol. The summed E-state index contributed by atoms with van der Waals surface area (Å²) in [4.78, 5) is 12.0. The number of benzene rings is 3. The predicted octanol–water partition coefficient (Wildman–Crippen LogP) is 4.45. The van der Waals surface area contributed by atoms with Gasteiger partial charge in [-0.05, 0) is 41.5 Å². The molecule has 3 aromatic rings. The first-order valence-corrected chi connectivity index (χ1v) is 8.19. The minimum absolute atomic E-state index is 0.0566. The van der Waals surface area contributed by atoms with Crippen LogP contribution in [0.5, 0.6) is 5.75 Å². The van der Waals surface area contributed by atoms with E-state index in [-0.39, 0.29) is 24.1 Å². The number of halogens is 2. The van der Waals surface area contributed by atoms with Crippen molar-refractivity contribution in [2.24, 2.45) is 0 Å². The van der Waals surface area contributed by atoms with Gasteiger partial charge in [0, 0.05) is 23.2 Å². The van der Waals surface area contributed by atoms with Gasteiger partial charge in [0.15, 0.2) is 0 Å². The molecule has 0 saturated heterocycles. The first-order chi connectivity index (χ1) is 12.6. The maximum absolute atomic E-state index is 13.9. The Bertz CT molecular complexity index is 984. The summed E-state index contributed by atoms with van der Waals surface area (Å²) < 4.78 is 33.0. The fraction of sp³-hybridized carbons (Fsp3) is 0.0952. The van der Waals surface area contributed by atoms with Crippen LogP contribution >= 0.6 is 0 Å². The summed E-state index contributed by atoms with van der Waals surface area (Å²) in [5.74, 6) is -0.311. The zero-order chi connectivity index (χ0) is 18.1. The monoisotopic (exact) mass is 351 g/mol. The highest BCUT2D eigenvalue weighted by molar-refractivity contribution is 6.00. The lowest BCUT2D eigenvalue weighted by molar-refractivity contribution is 0.0966. The summed E-state index contributed by atoms with van der Waals surface area (Å²) in [6, 6.07) is 15.9. The molecule has 0 unspecified atom stereocenters. The average molecular weight is 351 g/mol. The Morgan fingerprint density at radius 3 is 2.50 bits per heavy atom. The zero-order valence-corrected chi connectivity index (χ0v) is 13.8. The van der Waals surface area contributed by atoms with Crippen LogP contribution in [0.15, 0.2) is 60.7 Å². The van der Waals surface area contributed by atoms with Crippen LogP contribution < -0.4 is 10.1 Å². The van der Waals surface area contributed by atoms with E-state index in [0.29, 0.717) is 29.0 Å². The van der Waals surface area contributed by atoms with Crippen molar-refractivity contribution in [3.8, 4) is 16.9 Å². The molecule has 1 N–H and O–H groups in total.